The quantitative estimate of drug-likeness (QED) is 0.706. The molecule has 0 N–H and O–H groups in total. The molecule has 1 aromatic carbocycles. The normalized spacial score (nSPS) is 13.6. The number of amides is 1. The third-order valence-electron chi connectivity index (χ3n) is 4.98. The molecular weight excluding hydrogens is 338 g/mol. The van der Waals surface area contributed by atoms with Crippen LogP contribution in [0.1, 0.15) is 27.3 Å². The van der Waals surface area contributed by atoms with Gasteiger partial charge in [-0.2, -0.15) is 10.4 Å². The molecule has 0 fully saturated rings. The molecule has 0 unspecified atom stereocenters. The van der Waals surface area contributed by atoms with Crippen molar-refractivity contribution >= 4 is 5.91 Å². The molecule has 6 heteroatoms. The van der Waals surface area contributed by atoms with Crippen LogP contribution in [0.25, 0.3) is 11.3 Å². The minimum absolute atomic E-state index is 0.0472. The van der Waals surface area contributed by atoms with Crippen LogP contribution in [-0.4, -0.2) is 38.7 Å². The van der Waals surface area contributed by atoms with Crippen LogP contribution < -0.4 is 0 Å². The molecule has 134 valence electrons. The molecule has 1 aliphatic heterocycles. The predicted octanol–water partition coefficient (Wildman–Crippen LogP) is 2.59. The Kier molecular flexibility index (Phi) is 4.43. The molecule has 1 aliphatic rings. The fraction of sp³-hybridized carbons (Fsp3) is 0.238. The summed E-state index contributed by atoms with van der Waals surface area (Å²) in [5.41, 5.74) is 5.33. The van der Waals surface area contributed by atoms with Gasteiger partial charge >= 0.3 is 0 Å². The first-order valence-corrected chi connectivity index (χ1v) is 8.93. The number of aryl methyl sites for hydroxylation is 1. The Morgan fingerprint density at radius 3 is 2.59 bits per heavy atom. The number of carbonyl (C=O) groups excluding carboxylic acids is 1. The van der Waals surface area contributed by atoms with Crippen molar-refractivity contribution in [3.8, 4) is 17.3 Å². The molecule has 3 heterocycles. The zero-order valence-corrected chi connectivity index (χ0v) is 15.1. The Morgan fingerprint density at radius 2 is 1.89 bits per heavy atom. The van der Waals surface area contributed by atoms with E-state index in [0.717, 1.165) is 24.1 Å². The van der Waals surface area contributed by atoms with Gasteiger partial charge in [-0.15, -0.1) is 0 Å². The highest BCUT2D eigenvalue weighted by molar-refractivity contribution is 5.94. The van der Waals surface area contributed by atoms with E-state index in [2.05, 4.69) is 17.1 Å². The summed E-state index contributed by atoms with van der Waals surface area (Å²) >= 11 is 0. The number of benzene rings is 1. The maximum absolute atomic E-state index is 12.8. The molecule has 2 aromatic heterocycles. The summed E-state index contributed by atoms with van der Waals surface area (Å²) in [6.45, 7) is 1.27. The molecule has 0 radical (unpaired) electrons. The van der Waals surface area contributed by atoms with Gasteiger partial charge in [-0.1, -0.05) is 30.3 Å². The number of carbonyl (C=O) groups is 1. The largest absolute Gasteiger partial charge is 0.338 e. The van der Waals surface area contributed by atoms with Gasteiger partial charge in [-0.05, 0) is 18.6 Å². The zero-order valence-electron chi connectivity index (χ0n) is 15.1. The number of fused-ring (bicyclic) bond motifs is 1. The van der Waals surface area contributed by atoms with E-state index in [0.29, 0.717) is 24.3 Å². The van der Waals surface area contributed by atoms with Crippen LogP contribution in [0.3, 0.4) is 0 Å². The van der Waals surface area contributed by atoms with Crippen LogP contribution in [0.2, 0.25) is 0 Å². The molecule has 0 saturated carbocycles. The summed E-state index contributed by atoms with van der Waals surface area (Å²) in [4.78, 5) is 18.7. The summed E-state index contributed by atoms with van der Waals surface area (Å²) in [6.07, 6.45) is 3.01. The van der Waals surface area contributed by atoms with E-state index < -0.39 is 0 Å². The van der Waals surface area contributed by atoms with Crippen molar-refractivity contribution < 1.29 is 4.79 Å². The van der Waals surface area contributed by atoms with Gasteiger partial charge in [0.05, 0.1) is 11.3 Å². The predicted molar refractivity (Wildman–Crippen MR) is 101 cm³/mol. The van der Waals surface area contributed by atoms with Crippen LogP contribution in [-0.2, 0) is 19.9 Å². The number of hydrogen-bond donors (Lipinski definition) is 0. The lowest BCUT2D eigenvalue weighted by atomic mass is 10.0. The van der Waals surface area contributed by atoms with Crippen molar-refractivity contribution in [1.82, 2.24) is 19.7 Å². The van der Waals surface area contributed by atoms with E-state index in [1.54, 1.807) is 12.1 Å². The van der Waals surface area contributed by atoms with Crippen molar-refractivity contribution in [2.45, 2.75) is 12.8 Å². The molecule has 3 aromatic rings. The Hall–Kier alpha value is -3.46. The van der Waals surface area contributed by atoms with Gasteiger partial charge in [0.25, 0.3) is 5.91 Å². The Morgan fingerprint density at radius 1 is 1.11 bits per heavy atom. The van der Waals surface area contributed by atoms with Crippen LogP contribution in [0.5, 0.6) is 0 Å². The van der Waals surface area contributed by atoms with Crippen molar-refractivity contribution in [3.05, 3.63) is 71.2 Å². The summed E-state index contributed by atoms with van der Waals surface area (Å²) in [5.74, 6) is -0.0472. The molecule has 6 nitrogen and oxygen atoms in total. The van der Waals surface area contributed by atoms with Gasteiger partial charge in [-0.25, -0.2) is 4.98 Å². The smallest absolute Gasteiger partial charge is 0.255 e. The molecule has 27 heavy (non-hydrogen) atoms. The molecule has 0 aliphatic carbocycles. The monoisotopic (exact) mass is 357 g/mol. The highest BCUT2D eigenvalue weighted by Crippen LogP contribution is 2.28. The van der Waals surface area contributed by atoms with Gasteiger partial charge in [0.1, 0.15) is 11.8 Å². The van der Waals surface area contributed by atoms with E-state index in [1.165, 1.54) is 17.5 Å². The molecular formula is C21H19N5O. The third kappa shape index (κ3) is 3.20. The highest BCUT2D eigenvalue weighted by Gasteiger charge is 2.25. The Balaban J connectivity index is 1.58. The van der Waals surface area contributed by atoms with E-state index >= 15 is 0 Å². The fourth-order valence-corrected chi connectivity index (χ4v) is 3.58. The zero-order chi connectivity index (χ0) is 18.8. The Labute approximate surface area is 157 Å². The number of nitriles is 1. The summed E-state index contributed by atoms with van der Waals surface area (Å²) in [6, 6.07) is 15.4. The van der Waals surface area contributed by atoms with Gasteiger partial charge < -0.3 is 4.90 Å². The van der Waals surface area contributed by atoms with E-state index in [9.17, 15) is 4.79 Å². The van der Waals surface area contributed by atoms with Gasteiger partial charge in [-0.3, -0.25) is 9.48 Å². The van der Waals surface area contributed by atoms with Crippen LogP contribution >= 0.6 is 0 Å². The first kappa shape index (κ1) is 17.0. The lowest BCUT2D eigenvalue weighted by molar-refractivity contribution is 0.0762. The second kappa shape index (κ2) is 7.04. The number of pyridine rings is 1. The second-order valence-electron chi connectivity index (χ2n) is 6.60. The second-order valence-corrected chi connectivity index (χ2v) is 6.60. The van der Waals surface area contributed by atoms with Gasteiger partial charge in [0.15, 0.2) is 0 Å². The maximum atomic E-state index is 12.8. The molecule has 4 rings (SSSR count). The van der Waals surface area contributed by atoms with Gasteiger partial charge in [0.2, 0.25) is 0 Å². The molecule has 0 saturated heterocycles. The first-order chi connectivity index (χ1) is 13.2. The van der Waals surface area contributed by atoms with Crippen molar-refractivity contribution in [2.75, 3.05) is 13.1 Å². The summed E-state index contributed by atoms with van der Waals surface area (Å²) in [5, 5.41) is 13.6. The van der Waals surface area contributed by atoms with E-state index in [-0.39, 0.29) is 5.91 Å². The number of rotatable bonds is 2. The van der Waals surface area contributed by atoms with Crippen LogP contribution in [0, 0.1) is 11.3 Å². The van der Waals surface area contributed by atoms with E-state index in [1.807, 2.05) is 40.9 Å². The SMILES string of the molecule is Cn1nc(-c2ccccc2)c2c1CCN(C(=O)c1ccc(C#N)nc1)CC2. The number of nitrogens with zero attached hydrogens (tertiary/aromatic N) is 5. The van der Waals surface area contributed by atoms with Crippen molar-refractivity contribution in [3.63, 3.8) is 0 Å². The summed E-state index contributed by atoms with van der Waals surface area (Å²) < 4.78 is 1.94. The third-order valence-corrected chi connectivity index (χ3v) is 4.98. The first-order valence-electron chi connectivity index (χ1n) is 8.93. The molecule has 0 bridgehead atoms. The minimum Gasteiger partial charge on any atom is -0.338 e. The molecule has 0 spiro atoms. The summed E-state index contributed by atoms with van der Waals surface area (Å²) in [7, 11) is 1.97. The van der Waals surface area contributed by atoms with Crippen LogP contribution in [0.15, 0.2) is 48.7 Å². The number of hydrogen-bond acceptors (Lipinski definition) is 4. The van der Waals surface area contributed by atoms with E-state index in [4.69, 9.17) is 10.4 Å². The average molecular weight is 357 g/mol. The number of aromatic nitrogens is 3. The minimum atomic E-state index is -0.0472. The topological polar surface area (TPSA) is 74.8 Å². The lowest BCUT2D eigenvalue weighted by Crippen LogP contribution is -2.33. The fourth-order valence-electron chi connectivity index (χ4n) is 3.58. The highest BCUT2D eigenvalue weighted by atomic mass is 16.2. The lowest BCUT2D eigenvalue weighted by Gasteiger charge is -2.20. The maximum Gasteiger partial charge on any atom is 0.255 e. The van der Waals surface area contributed by atoms with Gasteiger partial charge in [0, 0.05) is 49.6 Å². The van der Waals surface area contributed by atoms with Crippen LogP contribution in [0.4, 0.5) is 0 Å². The van der Waals surface area contributed by atoms with Crippen molar-refractivity contribution in [1.29, 1.82) is 5.26 Å². The standard InChI is InChI=1S/C21H19N5O/c1-25-19-10-12-26(21(27)16-7-8-17(13-22)23-14-16)11-9-18(19)20(24-25)15-5-3-2-4-6-15/h2-8,14H,9-12H2,1H3. The van der Waals surface area contributed by atoms with Crippen molar-refractivity contribution in [2.24, 2.45) is 7.05 Å². The average Bonchev–Trinajstić information content (AvgIpc) is 2.89. The molecule has 0 atom stereocenters. The molecule has 1 amide bonds. The Bertz CT molecular complexity index is 1020.